The number of hydrogen-bond acceptors (Lipinski definition) is 4. The molecule has 0 radical (unpaired) electrons. The van der Waals surface area contributed by atoms with Crippen LogP contribution in [0.5, 0.6) is 0 Å². The Morgan fingerprint density at radius 3 is 2.10 bits per heavy atom. The maximum Gasteiger partial charge on any atom is 0.408 e. The fourth-order valence-electron chi connectivity index (χ4n) is 4.08. The van der Waals surface area contributed by atoms with Crippen molar-refractivity contribution in [1.29, 1.82) is 0 Å². The molecule has 7 heteroatoms. The number of ether oxygens (including phenoxy) is 1. The molecular formula is C24H26N2O5. The first kappa shape index (κ1) is 20.9. The fraction of sp³-hybridized carbons (Fsp3) is 0.375. The minimum absolute atomic E-state index is 0.0493. The molecule has 3 N–H and O–H groups in total. The second kappa shape index (κ2) is 8.06. The lowest BCUT2D eigenvalue weighted by Gasteiger charge is -2.27. The molecular weight excluding hydrogens is 396 g/mol. The molecule has 2 aliphatic carbocycles. The average molecular weight is 422 g/mol. The first-order valence-corrected chi connectivity index (χ1v) is 10.4. The third kappa shape index (κ3) is 4.26. The van der Waals surface area contributed by atoms with Crippen molar-refractivity contribution in [3.63, 3.8) is 0 Å². The Labute approximate surface area is 180 Å². The predicted molar refractivity (Wildman–Crippen MR) is 115 cm³/mol. The van der Waals surface area contributed by atoms with Crippen LogP contribution in [0.1, 0.15) is 43.7 Å². The van der Waals surface area contributed by atoms with Gasteiger partial charge in [0.05, 0.1) is 0 Å². The molecule has 2 aromatic carbocycles. The number of aliphatic carboxylic acids is 1. The molecule has 7 nitrogen and oxygen atoms in total. The van der Waals surface area contributed by atoms with Gasteiger partial charge in [-0.2, -0.15) is 0 Å². The first-order valence-electron chi connectivity index (χ1n) is 10.4. The number of carboxylic acid groups (broad SMARTS) is 1. The third-order valence-corrected chi connectivity index (χ3v) is 5.97. The topological polar surface area (TPSA) is 105 Å². The van der Waals surface area contributed by atoms with Crippen molar-refractivity contribution in [3.8, 4) is 11.1 Å². The zero-order valence-electron chi connectivity index (χ0n) is 17.6. The van der Waals surface area contributed by atoms with Crippen molar-refractivity contribution in [2.75, 3.05) is 6.61 Å². The molecule has 0 saturated heterocycles. The van der Waals surface area contributed by atoms with Crippen molar-refractivity contribution in [2.24, 2.45) is 5.92 Å². The largest absolute Gasteiger partial charge is 0.480 e. The summed E-state index contributed by atoms with van der Waals surface area (Å²) in [5.41, 5.74) is 3.15. The molecule has 1 saturated carbocycles. The number of rotatable bonds is 7. The number of carbonyl (C=O) groups excluding carboxylic acids is 2. The second-order valence-corrected chi connectivity index (χ2v) is 8.70. The smallest absolute Gasteiger partial charge is 0.408 e. The van der Waals surface area contributed by atoms with Crippen molar-refractivity contribution in [3.05, 3.63) is 59.7 Å². The third-order valence-electron chi connectivity index (χ3n) is 5.97. The lowest BCUT2D eigenvalue weighted by molar-refractivity contribution is -0.143. The second-order valence-electron chi connectivity index (χ2n) is 8.70. The molecule has 0 aromatic heterocycles. The molecule has 0 aliphatic heterocycles. The van der Waals surface area contributed by atoms with E-state index in [1.165, 1.54) is 13.8 Å². The van der Waals surface area contributed by atoms with Gasteiger partial charge in [-0.25, -0.2) is 9.59 Å². The van der Waals surface area contributed by atoms with Gasteiger partial charge >= 0.3 is 12.1 Å². The molecule has 2 amide bonds. The van der Waals surface area contributed by atoms with Crippen LogP contribution in [-0.4, -0.2) is 41.3 Å². The summed E-state index contributed by atoms with van der Waals surface area (Å²) in [5.74, 6) is -1.75. The lowest BCUT2D eigenvalue weighted by atomic mass is 9.98. The summed E-state index contributed by atoms with van der Waals surface area (Å²) >= 11 is 0. The van der Waals surface area contributed by atoms with E-state index in [1.54, 1.807) is 0 Å². The number of fused-ring (bicyclic) bond motifs is 3. The van der Waals surface area contributed by atoms with Crippen LogP contribution in [0.2, 0.25) is 0 Å². The van der Waals surface area contributed by atoms with Crippen molar-refractivity contribution >= 4 is 18.0 Å². The SMILES string of the molecule is CC(C)(NC(=O)OCC1c2ccccc2-c2ccccc21)C(=O)NC(C(=O)O)C1CC1. The highest BCUT2D eigenvalue weighted by atomic mass is 16.5. The molecule has 0 bridgehead atoms. The van der Waals surface area contributed by atoms with Gasteiger partial charge in [-0.1, -0.05) is 48.5 Å². The van der Waals surface area contributed by atoms with Crippen LogP contribution in [0.4, 0.5) is 4.79 Å². The summed E-state index contributed by atoms with van der Waals surface area (Å²) in [4.78, 5) is 36.5. The van der Waals surface area contributed by atoms with E-state index in [4.69, 9.17) is 4.74 Å². The fourth-order valence-corrected chi connectivity index (χ4v) is 4.08. The van der Waals surface area contributed by atoms with E-state index in [-0.39, 0.29) is 18.4 Å². The number of carbonyl (C=O) groups is 3. The Hall–Kier alpha value is -3.35. The Morgan fingerprint density at radius 2 is 1.58 bits per heavy atom. The molecule has 162 valence electrons. The Morgan fingerprint density at radius 1 is 1.03 bits per heavy atom. The predicted octanol–water partition coefficient (Wildman–Crippen LogP) is 3.28. The van der Waals surface area contributed by atoms with Gasteiger partial charge in [-0.3, -0.25) is 4.79 Å². The molecule has 1 atom stereocenters. The zero-order valence-corrected chi connectivity index (χ0v) is 17.6. The molecule has 0 spiro atoms. The van der Waals surface area contributed by atoms with Gasteiger partial charge in [0.1, 0.15) is 18.2 Å². The van der Waals surface area contributed by atoms with Crippen LogP contribution < -0.4 is 10.6 Å². The number of amides is 2. The van der Waals surface area contributed by atoms with Crippen LogP contribution in [-0.2, 0) is 14.3 Å². The first-order chi connectivity index (χ1) is 14.8. The minimum Gasteiger partial charge on any atom is -0.480 e. The summed E-state index contributed by atoms with van der Waals surface area (Å²) in [6.07, 6.45) is 0.829. The van der Waals surface area contributed by atoms with Crippen molar-refractivity contribution in [2.45, 2.75) is 44.2 Å². The Kier molecular flexibility index (Phi) is 5.43. The van der Waals surface area contributed by atoms with E-state index in [2.05, 4.69) is 22.8 Å². The highest BCUT2D eigenvalue weighted by Crippen LogP contribution is 2.44. The van der Waals surface area contributed by atoms with Crippen LogP contribution in [0.25, 0.3) is 11.1 Å². The molecule has 1 unspecified atom stereocenters. The van der Waals surface area contributed by atoms with Gasteiger partial charge in [-0.05, 0) is 54.9 Å². The van der Waals surface area contributed by atoms with E-state index in [0.29, 0.717) is 0 Å². The number of nitrogens with one attached hydrogen (secondary N) is 2. The summed E-state index contributed by atoms with van der Waals surface area (Å²) in [6.45, 7) is 3.18. The van der Waals surface area contributed by atoms with Gasteiger partial charge < -0.3 is 20.5 Å². The van der Waals surface area contributed by atoms with Crippen LogP contribution >= 0.6 is 0 Å². The Balaban J connectivity index is 1.39. The maximum atomic E-state index is 12.6. The number of carboxylic acids is 1. The molecule has 2 aliphatic rings. The molecule has 4 rings (SSSR count). The highest BCUT2D eigenvalue weighted by molar-refractivity contribution is 5.92. The molecule has 1 fully saturated rings. The van der Waals surface area contributed by atoms with Gasteiger partial charge in [0.15, 0.2) is 0 Å². The van der Waals surface area contributed by atoms with Crippen LogP contribution in [0.15, 0.2) is 48.5 Å². The number of alkyl carbamates (subject to hydrolysis) is 1. The van der Waals surface area contributed by atoms with E-state index >= 15 is 0 Å². The lowest BCUT2D eigenvalue weighted by Crippen LogP contribution is -2.58. The van der Waals surface area contributed by atoms with Gasteiger partial charge in [0.2, 0.25) is 5.91 Å². The molecule has 0 heterocycles. The highest BCUT2D eigenvalue weighted by Gasteiger charge is 2.40. The van der Waals surface area contributed by atoms with E-state index < -0.39 is 29.6 Å². The number of hydrogen-bond donors (Lipinski definition) is 3. The summed E-state index contributed by atoms with van der Waals surface area (Å²) in [5, 5.41) is 14.4. The van der Waals surface area contributed by atoms with Crippen LogP contribution in [0, 0.1) is 5.92 Å². The quantitative estimate of drug-likeness (QED) is 0.635. The monoisotopic (exact) mass is 422 g/mol. The van der Waals surface area contributed by atoms with E-state index in [9.17, 15) is 19.5 Å². The maximum absolute atomic E-state index is 12.6. The van der Waals surface area contributed by atoms with E-state index in [0.717, 1.165) is 35.1 Å². The minimum atomic E-state index is -1.31. The average Bonchev–Trinajstić information content (AvgIpc) is 3.52. The number of benzene rings is 2. The summed E-state index contributed by atoms with van der Waals surface area (Å²) < 4.78 is 5.49. The van der Waals surface area contributed by atoms with Crippen LogP contribution in [0.3, 0.4) is 0 Å². The molecule has 31 heavy (non-hydrogen) atoms. The normalized spacial score (nSPS) is 16.1. The standard InChI is InChI=1S/C24H26N2O5/c1-24(2,22(29)25-20(21(27)28)14-11-12-14)26-23(30)31-13-19-17-9-5-3-7-15(17)16-8-4-6-10-18(16)19/h3-10,14,19-20H,11-13H2,1-2H3,(H,25,29)(H,26,30)(H,27,28). The van der Waals surface area contributed by atoms with Gasteiger partial charge in [0.25, 0.3) is 0 Å². The zero-order chi connectivity index (χ0) is 22.2. The van der Waals surface area contributed by atoms with Crippen molar-refractivity contribution < 1.29 is 24.2 Å². The molecule has 2 aromatic rings. The van der Waals surface area contributed by atoms with E-state index in [1.807, 2.05) is 36.4 Å². The summed E-state index contributed by atoms with van der Waals surface area (Å²) in [6, 6.07) is 15.1. The summed E-state index contributed by atoms with van der Waals surface area (Å²) in [7, 11) is 0. The Bertz CT molecular complexity index is 983. The van der Waals surface area contributed by atoms with Gasteiger partial charge in [-0.15, -0.1) is 0 Å². The van der Waals surface area contributed by atoms with Crippen molar-refractivity contribution in [1.82, 2.24) is 10.6 Å². The van der Waals surface area contributed by atoms with Gasteiger partial charge in [0, 0.05) is 5.92 Å².